The zero-order valence-electron chi connectivity index (χ0n) is 14.7. The van der Waals surface area contributed by atoms with Crippen molar-refractivity contribution in [1.82, 2.24) is 14.9 Å². The molecule has 3 aliphatic rings. The van der Waals surface area contributed by atoms with E-state index in [-0.39, 0.29) is 24.7 Å². The van der Waals surface area contributed by atoms with E-state index in [1.807, 2.05) is 0 Å². The van der Waals surface area contributed by atoms with Gasteiger partial charge < -0.3 is 15.4 Å². The minimum atomic E-state index is -4.80. The molecule has 2 atom stereocenters. The fourth-order valence-electron chi connectivity index (χ4n) is 3.49. The molecule has 0 aliphatic carbocycles. The monoisotopic (exact) mass is 405 g/mol. The lowest BCUT2D eigenvalue weighted by atomic mass is 10.0. The van der Waals surface area contributed by atoms with Gasteiger partial charge >= 0.3 is 16.4 Å². The van der Waals surface area contributed by atoms with Crippen molar-refractivity contribution < 1.29 is 31.6 Å². The molecule has 3 heterocycles. The van der Waals surface area contributed by atoms with Crippen LogP contribution >= 0.6 is 0 Å². The fourth-order valence-corrected chi connectivity index (χ4v) is 3.88. The van der Waals surface area contributed by atoms with Gasteiger partial charge in [-0.25, -0.2) is 4.79 Å². The molecule has 152 valence electrons. The topological polar surface area (TPSA) is 155 Å². The van der Waals surface area contributed by atoms with Crippen molar-refractivity contribution in [3.63, 3.8) is 0 Å². The molecule has 0 aromatic heterocycles. The Bertz CT molecular complexity index is 721. The second-order valence-corrected chi connectivity index (χ2v) is 7.65. The largest absolute Gasteiger partial charge is 0.418 e. The molecule has 3 rings (SSSR count). The first-order chi connectivity index (χ1) is 12.7. The number of hydrogen-bond acceptors (Lipinski definition) is 7. The van der Waals surface area contributed by atoms with E-state index in [0.717, 1.165) is 13.1 Å². The van der Waals surface area contributed by atoms with Gasteiger partial charge in [-0.15, -0.1) is 4.28 Å². The zero-order valence-corrected chi connectivity index (χ0v) is 15.5. The Morgan fingerprint density at radius 1 is 1.33 bits per heavy atom. The third-order valence-electron chi connectivity index (χ3n) is 4.84. The number of aliphatic imine (C=N–C) groups is 1. The Balaban J connectivity index is 1.58. The molecule has 27 heavy (non-hydrogen) atoms. The van der Waals surface area contributed by atoms with Gasteiger partial charge in [-0.3, -0.25) is 14.2 Å². The Labute approximate surface area is 156 Å². The molecule has 0 aromatic rings. The van der Waals surface area contributed by atoms with Crippen LogP contribution < -0.4 is 5.73 Å². The van der Waals surface area contributed by atoms with Crippen LogP contribution in [0, 0.1) is 0 Å². The highest BCUT2D eigenvalue weighted by Gasteiger charge is 2.48. The summed E-state index contributed by atoms with van der Waals surface area (Å²) in [6, 6.07) is -1.87. The van der Waals surface area contributed by atoms with E-state index in [9.17, 15) is 18.0 Å². The summed E-state index contributed by atoms with van der Waals surface area (Å²) in [7, 11) is -4.80. The smallest absolute Gasteiger partial charge is 0.385 e. The number of morpholine rings is 1. The van der Waals surface area contributed by atoms with Gasteiger partial charge in [0.05, 0.1) is 25.3 Å². The van der Waals surface area contributed by atoms with E-state index in [2.05, 4.69) is 14.2 Å². The van der Waals surface area contributed by atoms with E-state index >= 15 is 0 Å². The normalized spacial score (nSPS) is 27.3. The maximum absolute atomic E-state index is 12.3. The van der Waals surface area contributed by atoms with E-state index in [0.29, 0.717) is 37.7 Å². The number of nitrogens with zero attached hydrogens (tertiary/aromatic N) is 4. The van der Waals surface area contributed by atoms with Gasteiger partial charge in [-0.05, 0) is 12.8 Å². The molecule has 3 N–H and O–H groups in total. The molecule has 3 fully saturated rings. The van der Waals surface area contributed by atoms with Crippen LogP contribution in [-0.2, 0) is 24.2 Å². The first-order valence-corrected chi connectivity index (χ1v) is 10.0. The van der Waals surface area contributed by atoms with E-state index in [1.54, 1.807) is 0 Å². The third-order valence-corrected chi connectivity index (χ3v) is 5.19. The van der Waals surface area contributed by atoms with Gasteiger partial charge in [0.2, 0.25) is 5.91 Å². The lowest BCUT2D eigenvalue weighted by Gasteiger charge is -2.29. The molecular formula is C14H23N5O7S. The summed E-state index contributed by atoms with van der Waals surface area (Å²) in [5, 5.41) is 0.628. The van der Waals surface area contributed by atoms with Crippen molar-refractivity contribution >= 4 is 28.2 Å². The van der Waals surface area contributed by atoms with Crippen LogP contribution in [0.2, 0.25) is 0 Å². The summed E-state index contributed by atoms with van der Waals surface area (Å²) in [6.07, 6.45) is 1.02. The predicted molar refractivity (Wildman–Crippen MR) is 91.9 cm³/mol. The van der Waals surface area contributed by atoms with E-state index in [4.69, 9.17) is 15.0 Å². The fraction of sp³-hybridized carbons (Fsp3) is 0.786. The van der Waals surface area contributed by atoms with Crippen molar-refractivity contribution in [2.75, 3.05) is 39.4 Å². The molecule has 3 aliphatic heterocycles. The van der Waals surface area contributed by atoms with E-state index < -0.39 is 28.5 Å². The number of carbonyl (C=O) groups excluding carboxylic acids is 2. The van der Waals surface area contributed by atoms with Crippen LogP contribution in [0.3, 0.4) is 0 Å². The Hall–Kier alpha value is -1.80. The van der Waals surface area contributed by atoms with Gasteiger partial charge in [0.25, 0.3) is 0 Å². The number of hydroxylamine groups is 2. The minimum absolute atomic E-state index is 0.0162. The standard InChI is InChI=1S/C14H23N5O7S/c15-13(16-12(20)3-4-17-5-7-25-8-6-17)11-2-1-10-9-18(11)14(21)19(10)26-27(22,23)24/h10-11H,1-9H2,(H2,15,16,20)(H,22,23,24)/t10-,11+/m1/s1. The highest BCUT2D eigenvalue weighted by atomic mass is 32.3. The van der Waals surface area contributed by atoms with Crippen LogP contribution in [0.5, 0.6) is 0 Å². The summed E-state index contributed by atoms with van der Waals surface area (Å²) >= 11 is 0. The van der Waals surface area contributed by atoms with Crippen LogP contribution in [0.15, 0.2) is 4.99 Å². The number of fused-ring (bicyclic) bond motifs is 2. The summed E-state index contributed by atoms with van der Waals surface area (Å²) in [5.74, 6) is -0.360. The summed E-state index contributed by atoms with van der Waals surface area (Å²) < 4.78 is 40.2. The number of hydrogen-bond donors (Lipinski definition) is 2. The van der Waals surface area contributed by atoms with Crippen molar-refractivity contribution in [1.29, 1.82) is 0 Å². The van der Waals surface area contributed by atoms with Crippen molar-refractivity contribution in [3.05, 3.63) is 0 Å². The number of rotatable bonds is 6. The Morgan fingerprint density at radius 3 is 2.70 bits per heavy atom. The van der Waals surface area contributed by atoms with Crippen molar-refractivity contribution in [3.8, 4) is 0 Å². The lowest BCUT2D eigenvalue weighted by Crippen LogP contribution is -2.48. The van der Waals surface area contributed by atoms with Gasteiger partial charge in [0.1, 0.15) is 5.84 Å². The second-order valence-electron chi connectivity index (χ2n) is 6.64. The number of nitrogens with two attached hydrogens (primary N) is 1. The number of ether oxygens (including phenoxy) is 1. The molecule has 3 saturated heterocycles. The summed E-state index contributed by atoms with van der Waals surface area (Å²) in [6.45, 7) is 3.55. The van der Waals surface area contributed by atoms with Crippen LogP contribution in [0.25, 0.3) is 0 Å². The van der Waals surface area contributed by atoms with E-state index in [1.165, 1.54) is 4.90 Å². The first-order valence-electron chi connectivity index (χ1n) is 8.68. The molecular weight excluding hydrogens is 382 g/mol. The maximum Gasteiger partial charge on any atom is 0.418 e. The Morgan fingerprint density at radius 2 is 2.04 bits per heavy atom. The van der Waals surface area contributed by atoms with Gasteiger partial charge in [0, 0.05) is 32.6 Å². The first kappa shape index (κ1) is 19.9. The van der Waals surface area contributed by atoms with Crippen LogP contribution in [-0.4, -0.2) is 97.1 Å². The zero-order chi connectivity index (χ0) is 19.6. The van der Waals surface area contributed by atoms with Gasteiger partial charge in [0.15, 0.2) is 0 Å². The van der Waals surface area contributed by atoms with Gasteiger partial charge in [-0.2, -0.15) is 18.5 Å². The summed E-state index contributed by atoms with van der Waals surface area (Å²) in [4.78, 5) is 31.8. The lowest BCUT2D eigenvalue weighted by molar-refractivity contribution is -0.118. The average Bonchev–Trinajstić information content (AvgIpc) is 2.84. The molecule has 0 spiro atoms. The quantitative estimate of drug-likeness (QED) is 0.308. The number of amidine groups is 1. The van der Waals surface area contributed by atoms with Crippen molar-refractivity contribution in [2.24, 2.45) is 10.7 Å². The maximum atomic E-state index is 12.3. The summed E-state index contributed by atoms with van der Waals surface area (Å²) in [5.41, 5.74) is 5.95. The molecule has 0 radical (unpaired) electrons. The van der Waals surface area contributed by atoms with Crippen molar-refractivity contribution in [2.45, 2.75) is 31.3 Å². The van der Waals surface area contributed by atoms with Crippen LogP contribution in [0.1, 0.15) is 19.3 Å². The predicted octanol–water partition coefficient (Wildman–Crippen LogP) is -1.40. The number of urea groups is 1. The number of piperidine rings is 1. The minimum Gasteiger partial charge on any atom is -0.385 e. The number of carbonyl (C=O) groups is 2. The Kier molecular flexibility index (Phi) is 5.95. The SMILES string of the molecule is NC(=NC(=O)CCN1CCOCC1)[C@@H]1CC[C@@H]2CN1C(=O)N2OS(=O)(=O)O. The number of amides is 3. The van der Waals surface area contributed by atoms with Gasteiger partial charge in [-0.1, -0.05) is 0 Å². The highest BCUT2D eigenvalue weighted by Crippen LogP contribution is 2.30. The molecule has 3 amide bonds. The molecule has 2 bridgehead atoms. The molecule has 0 aromatic carbocycles. The second kappa shape index (κ2) is 8.06. The highest BCUT2D eigenvalue weighted by molar-refractivity contribution is 7.80. The molecule has 13 heteroatoms. The molecule has 12 nitrogen and oxygen atoms in total. The third kappa shape index (κ3) is 4.93. The average molecular weight is 405 g/mol. The van der Waals surface area contributed by atoms with Crippen LogP contribution in [0.4, 0.5) is 4.79 Å². The molecule has 0 unspecified atom stereocenters. The molecule has 0 saturated carbocycles.